The lowest BCUT2D eigenvalue weighted by atomic mass is 10.1. The van der Waals surface area contributed by atoms with Crippen molar-refractivity contribution in [1.29, 1.82) is 0 Å². The predicted molar refractivity (Wildman–Crippen MR) is 120 cm³/mol. The number of amides is 2. The van der Waals surface area contributed by atoms with E-state index < -0.39 is 5.91 Å². The minimum Gasteiger partial charge on any atom is -0.497 e. The summed E-state index contributed by atoms with van der Waals surface area (Å²) in [5.41, 5.74) is 2.08. The molecule has 0 unspecified atom stereocenters. The molecule has 1 aromatic carbocycles. The largest absolute Gasteiger partial charge is 0.497 e. The highest BCUT2D eigenvalue weighted by atomic mass is 16.5. The van der Waals surface area contributed by atoms with Gasteiger partial charge in [0.15, 0.2) is 17.3 Å². The lowest BCUT2D eigenvalue weighted by molar-refractivity contribution is -0.117. The second-order valence-electron chi connectivity index (χ2n) is 7.43. The molecule has 2 heterocycles. The normalized spacial score (nSPS) is 12.7. The second kappa shape index (κ2) is 9.10. The SMILES string of the molecule is CNC(=O)c1nnc(NC(=O)C2CC2)cc1Nc1cc(OC)cc(-c2cnn(C)n2)c1OC. The molecular weight excluding hydrogens is 428 g/mol. The fourth-order valence-electron chi connectivity index (χ4n) is 3.25. The standard InChI is InChI=1S/C21H24N8O4/c1-22-21(31)18-14(9-17(26-27-18)25-20(30)11-5-6-11)24-15-8-12(32-3)7-13(19(15)33-4)16-10-23-29(2)28-16/h7-11H,5-6H2,1-4H3,(H,22,31)(H2,24,25,26,30). The first kappa shape index (κ1) is 22.0. The van der Waals surface area contributed by atoms with Crippen LogP contribution in [0.1, 0.15) is 23.3 Å². The van der Waals surface area contributed by atoms with Gasteiger partial charge in [-0.1, -0.05) is 0 Å². The summed E-state index contributed by atoms with van der Waals surface area (Å²) in [5.74, 6) is 0.657. The van der Waals surface area contributed by atoms with Gasteiger partial charge in [0.1, 0.15) is 11.4 Å². The van der Waals surface area contributed by atoms with E-state index in [2.05, 4.69) is 36.3 Å². The number of aryl methyl sites for hydroxylation is 1. The van der Waals surface area contributed by atoms with E-state index in [-0.39, 0.29) is 23.3 Å². The Morgan fingerprint density at radius 2 is 1.88 bits per heavy atom. The molecule has 4 rings (SSSR count). The molecule has 1 aliphatic carbocycles. The molecule has 3 N–H and O–H groups in total. The molecule has 0 aliphatic heterocycles. The average Bonchev–Trinajstić information content (AvgIpc) is 3.59. The van der Waals surface area contributed by atoms with Crippen LogP contribution in [0.25, 0.3) is 11.3 Å². The molecule has 0 saturated heterocycles. The Balaban J connectivity index is 1.77. The fraction of sp³-hybridized carbons (Fsp3) is 0.333. The lowest BCUT2D eigenvalue weighted by Crippen LogP contribution is -2.22. The van der Waals surface area contributed by atoms with E-state index in [4.69, 9.17) is 9.47 Å². The molecule has 1 fully saturated rings. The number of ether oxygens (including phenoxy) is 2. The number of methoxy groups -OCH3 is 2. The molecule has 0 radical (unpaired) electrons. The lowest BCUT2D eigenvalue weighted by Gasteiger charge is -2.17. The summed E-state index contributed by atoms with van der Waals surface area (Å²) in [7, 11) is 6.28. The van der Waals surface area contributed by atoms with Crippen molar-refractivity contribution < 1.29 is 19.1 Å². The Bertz CT molecular complexity index is 1200. The van der Waals surface area contributed by atoms with E-state index >= 15 is 0 Å². The second-order valence-corrected chi connectivity index (χ2v) is 7.43. The molecule has 172 valence electrons. The highest BCUT2D eigenvalue weighted by Crippen LogP contribution is 2.41. The van der Waals surface area contributed by atoms with Gasteiger partial charge in [-0.25, -0.2) is 0 Å². The van der Waals surface area contributed by atoms with Crippen molar-refractivity contribution in [2.45, 2.75) is 12.8 Å². The van der Waals surface area contributed by atoms with Gasteiger partial charge < -0.3 is 25.4 Å². The van der Waals surface area contributed by atoms with Crippen molar-refractivity contribution in [3.8, 4) is 22.8 Å². The monoisotopic (exact) mass is 452 g/mol. The van der Waals surface area contributed by atoms with Crippen LogP contribution in [-0.2, 0) is 11.8 Å². The van der Waals surface area contributed by atoms with Crippen molar-refractivity contribution in [3.05, 3.63) is 30.1 Å². The smallest absolute Gasteiger partial charge is 0.273 e. The molecule has 1 aliphatic rings. The van der Waals surface area contributed by atoms with Crippen molar-refractivity contribution in [2.75, 3.05) is 31.9 Å². The highest BCUT2D eigenvalue weighted by molar-refractivity contribution is 6.00. The number of carbonyl (C=O) groups is 2. The summed E-state index contributed by atoms with van der Waals surface area (Å²) in [5, 5.41) is 24.9. The number of carbonyl (C=O) groups excluding carboxylic acids is 2. The van der Waals surface area contributed by atoms with E-state index in [1.165, 1.54) is 19.0 Å². The van der Waals surface area contributed by atoms with Gasteiger partial charge in [0.05, 0.1) is 37.4 Å². The van der Waals surface area contributed by atoms with Crippen LogP contribution in [0.5, 0.6) is 11.5 Å². The third-order valence-electron chi connectivity index (χ3n) is 5.08. The van der Waals surface area contributed by atoms with E-state index in [0.717, 1.165) is 12.8 Å². The summed E-state index contributed by atoms with van der Waals surface area (Å²) in [6.07, 6.45) is 3.32. The van der Waals surface area contributed by atoms with Gasteiger partial charge in [0.25, 0.3) is 5.91 Å². The fourth-order valence-corrected chi connectivity index (χ4v) is 3.25. The van der Waals surface area contributed by atoms with Gasteiger partial charge in [-0.2, -0.15) is 15.0 Å². The molecule has 12 nitrogen and oxygen atoms in total. The number of benzene rings is 1. The minimum atomic E-state index is -0.443. The zero-order valence-electron chi connectivity index (χ0n) is 18.7. The van der Waals surface area contributed by atoms with Crippen LogP contribution < -0.4 is 25.4 Å². The Morgan fingerprint density at radius 3 is 2.48 bits per heavy atom. The number of rotatable bonds is 8. The molecule has 2 amide bonds. The van der Waals surface area contributed by atoms with E-state index in [0.29, 0.717) is 34.1 Å². The summed E-state index contributed by atoms with van der Waals surface area (Å²) >= 11 is 0. The molecule has 0 atom stereocenters. The third kappa shape index (κ3) is 4.68. The average molecular weight is 452 g/mol. The van der Waals surface area contributed by atoms with Crippen molar-refractivity contribution in [1.82, 2.24) is 30.5 Å². The number of nitrogens with one attached hydrogen (secondary N) is 3. The maximum atomic E-state index is 12.4. The van der Waals surface area contributed by atoms with Crippen LogP contribution in [0.2, 0.25) is 0 Å². The molecular formula is C21H24N8O4. The topological polar surface area (TPSA) is 145 Å². The Kier molecular flexibility index (Phi) is 6.07. The van der Waals surface area contributed by atoms with E-state index in [1.54, 1.807) is 38.6 Å². The van der Waals surface area contributed by atoms with Crippen LogP contribution in [0.15, 0.2) is 24.4 Å². The molecule has 12 heteroatoms. The van der Waals surface area contributed by atoms with Gasteiger partial charge >= 0.3 is 0 Å². The Labute approximate surface area is 189 Å². The number of anilines is 3. The number of hydrogen-bond donors (Lipinski definition) is 3. The predicted octanol–water partition coefficient (Wildman–Crippen LogP) is 1.74. The van der Waals surface area contributed by atoms with Gasteiger partial charge in [0, 0.05) is 32.1 Å². The van der Waals surface area contributed by atoms with Crippen LogP contribution in [-0.4, -0.2) is 58.3 Å². The summed E-state index contributed by atoms with van der Waals surface area (Å²) in [6, 6.07) is 5.05. The maximum absolute atomic E-state index is 12.4. The summed E-state index contributed by atoms with van der Waals surface area (Å²) in [4.78, 5) is 26.0. The zero-order chi connectivity index (χ0) is 23.5. The Morgan fingerprint density at radius 1 is 1.09 bits per heavy atom. The quantitative estimate of drug-likeness (QED) is 0.465. The summed E-state index contributed by atoms with van der Waals surface area (Å²) in [6.45, 7) is 0. The molecule has 1 saturated carbocycles. The first-order chi connectivity index (χ1) is 15.9. The number of nitrogens with zero attached hydrogens (tertiary/aromatic N) is 5. The van der Waals surface area contributed by atoms with Gasteiger partial charge in [-0.15, -0.1) is 10.2 Å². The molecule has 33 heavy (non-hydrogen) atoms. The Hall–Kier alpha value is -4.22. The summed E-state index contributed by atoms with van der Waals surface area (Å²) < 4.78 is 11.1. The van der Waals surface area contributed by atoms with E-state index in [9.17, 15) is 9.59 Å². The van der Waals surface area contributed by atoms with Gasteiger partial charge in [-0.3, -0.25) is 9.59 Å². The van der Waals surface area contributed by atoms with Crippen LogP contribution >= 0.6 is 0 Å². The minimum absolute atomic E-state index is 0.00477. The molecule has 3 aromatic rings. The molecule has 0 spiro atoms. The maximum Gasteiger partial charge on any atom is 0.273 e. The van der Waals surface area contributed by atoms with Gasteiger partial charge in [-0.05, 0) is 18.9 Å². The molecule has 0 bridgehead atoms. The number of hydrogen-bond acceptors (Lipinski definition) is 9. The number of aromatic nitrogens is 5. The van der Waals surface area contributed by atoms with Crippen LogP contribution in [0.4, 0.5) is 17.2 Å². The first-order valence-corrected chi connectivity index (χ1v) is 10.2. The zero-order valence-corrected chi connectivity index (χ0v) is 18.7. The van der Waals surface area contributed by atoms with Crippen molar-refractivity contribution >= 4 is 29.0 Å². The molecule has 2 aromatic heterocycles. The first-order valence-electron chi connectivity index (χ1n) is 10.2. The van der Waals surface area contributed by atoms with Crippen LogP contribution in [0.3, 0.4) is 0 Å². The van der Waals surface area contributed by atoms with E-state index in [1.807, 2.05) is 0 Å². The highest BCUT2D eigenvalue weighted by Gasteiger charge is 2.30. The van der Waals surface area contributed by atoms with Crippen LogP contribution in [0, 0.1) is 5.92 Å². The van der Waals surface area contributed by atoms with Crippen molar-refractivity contribution in [3.63, 3.8) is 0 Å². The third-order valence-corrected chi connectivity index (χ3v) is 5.08. The van der Waals surface area contributed by atoms with Crippen molar-refractivity contribution in [2.24, 2.45) is 13.0 Å². The van der Waals surface area contributed by atoms with Gasteiger partial charge in [0.2, 0.25) is 5.91 Å².